The van der Waals surface area contributed by atoms with Gasteiger partial charge in [-0.05, 0) is 62.4 Å². The monoisotopic (exact) mass is 404 g/mol. The lowest BCUT2D eigenvalue weighted by Crippen LogP contribution is -2.46. The zero-order valence-corrected chi connectivity index (χ0v) is 17.7. The summed E-state index contributed by atoms with van der Waals surface area (Å²) in [5.41, 5.74) is 2.44. The van der Waals surface area contributed by atoms with Crippen molar-refractivity contribution in [3.8, 4) is 17.1 Å². The van der Waals surface area contributed by atoms with E-state index in [1.165, 1.54) is 19.3 Å². The molecule has 0 atom stereocenters. The molecule has 30 heavy (non-hydrogen) atoms. The summed E-state index contributed by atoms with van der Waals surface area (Å²) >= 11 is 0. The average Bonchev–Trinajstić information content (AvgIpc) is 2.72. The predicted octanol–water partition coefficient (Wildman–Crippen LogP) is 3.70. The fraction of sp³-hybridized carbons (Fsp3) is 0.458. The molecular formula is C24H28N4O2. The number of piperidine rings is 1. The maximum absolute atomic E-state index is 12.8. The molecule has 3 heterocycles. The van der Waals surface area contributed by atoms with Crippen molar-refractivity contribution in [2.75, 3.05) is 13.1 Å². The van der Waals surface area contributed by atoms with Crippen LogP contribution in [-0.4, -0.2) is 44.7 Å². The Labute approximate surface area is 176 Å². The number of pyridine rings is 1. The van der Waals surface area contributed by atoms with E-state index in [0.717, 1.165) is 48.8 Å². The number of likely N-dealkylation sites (tertiary alicyclic amines) is 1. The van der Waals surface area contributed by atoms with Gasteiger partial charge in [0, 0.05) is 44.1 Å². The van der Waals surface area contributed by atoms with Crippen molar-refractivity contribution in [2.24, 2.45) is 7.05 Å². The Morgan fingerprint density at radius 2 is 1.77 bits per heavy atom. The number of aryl methyl sites for hydroxylation is 1. The lowest BCUT2D eigenvalue weighted by atomic mass is 9.90. The number of hydrogen-bond donors (Lipinski definition) is 0. The van der Waals surface area contributed by atoms with Crippen LogP contribution < -0.4 is 10.3 Å². The first-order chi connectivity index (χ1) is 14.6. The molecule has 0 amide bonds. The normalized spacial score (nSPS) is 18.5. The van der Waals surface area contributed by atoms with Crippen LogP contribution in [0.4, 0.5) is 0 Å². The quantitative estimate of drug-likeness (QED) is 0.664. The predicted molar refractivity (Wildman–Crippen MR) is 118 cm³/mol. The van der Waals surface area contributed by atoms with Gasteiger partial charge in [0.2, 0.25) is 0 Å². The molecule has 0 N–H and O–H groups in total. The van der Waals surface area contributed by atoms with Crippen LogP contribution in [0.3, 0.4) is 0 Å². The fourth-order valence-corrected chi connectivity index (χ4v) is 4.56. The van der Waals surface area contributed by atoms with E-state index in [-0.39, 0.29) is 11.7 Å². The summed E-state index contributed by atoms with van der Waals surface area (Å²) in [6.07, 6.45) is 9.92. The summed E-state index contributed by atoms with van der Waals surface area (Å²) < 4.78 is 7.84. The Kier molecular flexibility index (Phi) is 5.03. The second-order valence-corrected chi connectivity index (χ2v) is 8.61. The van der Waals surface area contributed by atoms with Crippen LogP contribution in [0, 0.1) is 6.92 Å². The second-order valence-electron chi connectivity index (χ2n) is 8.61. The number of rotatable bonds is 4. The standard InChI is InChI=1S/C24H28N4O2/c1-16-14-25-15-21-22(16)26-23(27(2)24(21)29)17-6-8-19(9-7-17)30-20-10-12-28(13-11-20)18-4-3-5-18/h6-9,14-15,18,20H,3-5,10-13H2,1-2H3. The van der Waals surface area contributed by atoms with Crippen molar-refractivity contribution >= 4 is 10.9 Å². The van der Waals surface area contributed by atoms with E-state index < -0.39 is 0 Å². The van der Waals surface area contributed by atoms with Gasteiger partial charge in [-0.3, -0.25) is 14.3 Å². The number of hydrogen-bond acceptors (Lipinski definition) is 5. The molecule has 1 aliphatic carbocycles. The molecule has 1 aliphatic heterocycles. The first-order valence-corrected chi connectivity index (χ1v) is 10.9. The molecule has 5 rings (SSSR count). The van der Waals surface area contributed by atoms with Crippen LogP contribution in [0.15, 0.2) is 41.5 Å². The molecule has 0 radical (unpaired) electrons. The molecule has 6 nitrogen and oxygen atoms in total. The van der Waals surface area contributed by atoms with E-state index >= 15 is 0 Å². The van der Waals surface area contributed by atoms with Crippen LogP contribution in [0.1, 0.15) is 37.7 Å². The summed E-state index contributed by atoms with van der Waals surface area (Å²) in [5.74, 6) is 1.54. The molecule has 0 unspecified atom stereocenters. The molecule has 0 bridgehead atoms. The molecule has 6 heteroatoms. The van der Waals surface area contributed by atoms with Gasteiger partial charge in [-0.1, -0.05) is 6.42 Å². The summed E-state index contributed by atoms with van der Waals surface area (Å²) in [5, 5.41) is 0.550. The number of fused-ring (bicyclic) bond motifs is 1. The minimum absolute atomic E-state index is 0.0789. The SMILES string of the molecule is Cc1cncc2c(=O)n(C)c(-c3ccc(OC4CCN(C5CCC5)CC4)cc3)nc12. The molecular weight excluding hydrogens is 376 g/mol. The van der Waals surface area contributed by atoms with E-state index in [1.54, 1.807) is 24.0 Å². The third kappa shape index (κ3) is 3.49. The molecule has 2 fully saturated rings. The van der Waals surface area contributed by atoms with Crippen molar-refractivity contribution in [1.82, 2.24) is 19.4 Å². The van der Waals surface area contributed by atoms with Crippen molar-refractivity contribution in [3.05, 3.63) is 52.6 Å². The third-order valence-corrected chi connectivity index (χ3v) is 6.65. The first kappa shape index (κ1) is 19.2. The van der Waals surface area contributed by atoms with E-state index in [0.29, 0.717) is 16.7 Å². The Bertz CT molecular complexity index is 1110. The van der Waals surface area contributed by atoms with Gasteiger partial charge in [-0.15, -0.1) is 0 Å². The van der Waals surface area contributed by atoms with E-state index in [4.69, 9.17) is 9.72 Å². The molecule has 2 aromatic heterocycles. The van der Waals surface area contributed by atoms with Gasteiger partial charge in [-0.2, -0.15) is 0 Å². The average molecular weight is 405 g/mol. The molecule has 1 saturated carbocycles. The maximum Gasteiger partial charge on any atom is 0.262 e. The van der Waals surface area contributed by atoms with Gasteiger partial charge in [-0.25, -0.2) is 4.98 Å². The van der Waals surface area contributed by atoms with Crippen molar-refractivity contribution in [2.45, 2.75) is 51.2 Å². The highest BCUT2D eigenvalue weighted by Gasteiger charge is 2.29. The highest BCUT2D eigenvalue weighted by molar-refractivity contribution is 5.81. The second kappa shape index (κ2) is 7.84. The van der Waals surface area contributed by atoms with Crippen LogP contribution >= 0.6 is 0 Å². The van der Waals surface area contributed by atoms with Crippen LogP contribution in [0.5, 0.6) is 5.75 Å². The van der Waals surface area contributed by atoms with Gasteiger partial charge >= 0.3 is 0 Å². The Morgan fingerprint density at radius 3 is 2.43 bits per heavy atom. The van der Waals surface area contributed by atoms with E-state index in [2.05, 4.69) is 9.88 Å². The van der Waals surface area contributed by atoms with Gasteiger partial charge in [0.05, 0.1) is 10.9 Å². The lowest BCUT2D eigenvalue weighted by molar-refractivity contribution is 0.0493. The number of benzene rings is 1. The first-order valence-electron chi connectivity index (χ1n) is 10.9. The minimum Gasteiger partial charge on any atom is -0.490 e. The highest BCUT2D eigenvalue weighted by atomic mass is 16.5. The summed E-state index contributed by atoms with van der Waals surface area (Å²) in [4.78, 5) is 24.3. The minimum atomic E-state index is -0.0789. The van der Waals surface area contributed by atoms with E-state index in [9.17, 15) is 4.79 Å². The Morgan fingerprint density at radius 1 is 1.03 bits per heavy atom. The Balaban J connectivity index is 1.32. The number of ether oxygens (including phenoxy) is 1. The number of nitrogens with zero attached hydrogens (tertiary/aromatic N) is 4. The molecule has 3 aromatic rings. The topological polar surface area (TPSA) is 60.3 Å². The van der Waals surface area contributed by atoms with Gasteiger partial charge in [0.25, 0.3) is 5.56 Å². The zero-order chi connectivity index (χ0) is 20.7. The van der Waals surface area contributed by atoms with Crippen LogP contribution in [0.2, 0.25) is 0 Å². The fourth-order valence-electron chi connectivity index (χ4n) is 4.56. The van der Waals surface area contributed by atoms with Crippen LogP contribution in [-0.2, 0) is 7.05 Å². The summed E-state index contributed by atoms with van der Waals surface area (Å²) in [6.45, 7) is 4.22. The molecule has 1 aromatic carbocycles. The molecule has 2 aliphatic rings. The largest absolute Gasteiger partial charge is 0.490 e. The number of aromatic nitrogens is 3. The summed E-state index contributed by atoms with van der Waals surface area (Å²) in [7, 11) is 1.76. The van der Waals surface area contributed by atoms with Crippen LogP contribution in [0.25, 0.3) is 22.3 Å². The van der Waals surface area contributed by atoms with Gasteiger partial charge < -0.3 is 9.64 Å². The smallest absolute Gasteiger partial charge is 0.262 e. The third-order valence-electron chi connectivity index (χ3n) is 6.65. The summed E-state index contributed by atoms with van der Waals surface area (Å²) in [6, 6.07) is 8.78. The maximum atomic E-state index is 12.8. The zero-order valence-electron chi connectivity index (χ0n) is 17.7. The lowest BCUT2D eigenvalue weighted by Gasteiger charge is -2.41. The van der Waals surface area contributed by atoms with Gasteiger partial charge in [0.15, 0.2) is 0 Å². The van der Waals surface area contributed by atoms with E-state index in [1.807, 2.05) is 31.2 Å². The molecule has 156 valence electrons. The molecule has 0 spiro atoms. The van der Waals surface area contributed by atoms with Crippen molar-refractivity contribution in [1.29, 1.82) is 0 Å². The highest BCUT2D eigenvalue weighted by Crippen LogP contribution is 2.29. The Hall–Kier alpha value is -2.73. The molecule has 1 saturated heterocycles. The van der Waals surface area contributed by atoms with Gasteiger partial charge in [0.1, 0.15) is 17.7 Å². The van der Waals surface area contributed by atoms with Crippen molar-refractivity contribution < 1.29 is 4.74 Å². The van der Waals surface area contributed by atoms with Crippen molar-refractivity contribution in [3.63, 3.8) is 0 Å².